The topological polar surface area (TPSA) is 60.8 Å². The van der Waals surface area contributed by atoms with Crippen LogP contribution < -0.4 is 0 Å². The fraction of sp³-hybridized carbons (Fsp3) is 0.650. The molecule has 0 radical (unpaired) electrons. The molecule has 0 spiro atoms. The van der Waals surface area contributed by atoms with Crippen LogP contribution in [0.15, 0.2) is 30.3 Å². The number of hydrogen-bond donors (Lipinski definition) is 2. The molecule has 1 aliphatic heterocycles. The first-order valence-electron chi connectivity index (χ1n) is 9.31. The number of hydrogen-bond acceptors (Lipinski definition) is 3. The molecule has 0 aromatic heterocycles. The first-order chi connectivity index (χ1) is 11.6. The molecule has 1 aromatic rings. The second-order valence-electron chi connectivity index (χ2n) is 7.54. The van der Waals surface area contributed by atoms with Gasteiger partial charge in [0.2, 0.25) is 5.91 Å². The van der Waals surface area contributed by atoms with E-state index in [-0.39, 0.29) is 18.2 Å². The fourth-order valence-corrected chi connectivity index (χ4v) is 4.17. The van der Waals surface area contributed by atoms with Crippen LogP contribution in [-0.2, 0) is 4.79 Å². The second kappa shape index (κ2) is 7.66. The molecular weight excluding hydrogens is 302 g/mol. The normalized spacial score (nSPS) is 23.0. The third-order valence-corrected chi connectivity index (χ3v) is 5.74. The van der Waals surface area contributed by atoms with Crippen molar-refractivity contribution in [2.24, 2.45) is 5.92 Å². The summed E-state index contributed by atoms with van der Waals surface area (Å²) in [5, 5.41) is 21.1. The van der Waals surface area contributed by atoms with Crippen molar-refractivity contribution in [3.05, 3.63) is 35.9 Å². The number of carbonyl (C=O) groups is 1. The Labute approximate surface area is 144 Å². The summed E-state index contributed by atoms with van der Waals surface area (Å²) in [4.78, 5) is 14.4. The fourth-order valence-electron chi connectivity index (χ4n) is 4.17. The molecule has 1 saturated carbocycles. The molecular formula is C20H29NO3. The number of nitrogens with zero attached hydrogens (tertiary/aromatic N) is 1. The molecule has 0 bridgehead atoms. The zero-order valence-electron chi connectivity index (χ0n) is 14.4. The average Bonchev–Trinajstić information content (AvgIpc) is 2.62. The van der Waals surface area contributed by atoms with E-state index in [0.29, 0.717) is 13.1 Å². The van der Waals surface area contributed by atoms with Crippen molar-refractivity contribution in [2.75, 3.05) is 13.1 Å². The van der Waals surface area contributed by atoms with Gasteiger partial charge in [-0.25, -0.2) is 0 Å². The van der Waals surface area contributed by atoms with E-state index >= 15 is 0 Å². The lowest BCUT2D eigenvalue weighted by Gasteiger charge is -2.37. The van der Waals surface area contributed by atoms with E-state index in [1.54, 1.807) is 0 Å². The molecule has 4 nitrogen and oxygen atoms in total. The number of aliphatic hydroxyl groups is 2. The van der Waals surface area contributed by atoms with Gasteiger partial charge in [0.1, 0.15) is 0 Å². The van der Waals surface area contributed by atoms with Crippen molar-refractivity contribution in [2.45, 2.75) is 63.1 Å². The number of carbonyl (C=O) groups excluding carboxylic acids is 1. The van der Waals surface area contributed by atoms with Gasteiger partial charge in [-0.05, 0) is 37.2 Å². The highest BCUT2D eigenvalue weighted by atomic mass is 16.3. The number of piperidine rings is 1. The van der Waals surface area contributed by atoms with Crippen molar-refractivity contribution in [1.82, 2.24) is 4.90 Å². The Morgan fingerprint density at radius 2 is 1.75 bits per heavy atom. The van der Waals surface area contributed by atoms with Crippen LogP contribution in [0.25, 0.3) is 0 Å². The zero-order valence-corrected chi connectivity index (χ0v) is 14.4. The minimum absolute atomic E-state index is 0.0760. The Morgan fingerprint density at radius 3 is 2.38 bits per heavy atom. The van der Waals surface area contributed by atoms with Gasteiger partial charge in [0, 0.05) is 13.1 Å². The highest BCUT2D eigenvalue weighted by molar-refractivity contribution is 5.77. The lowest BCUT2D eigenvalue weighted by atomic mass is 9.81. The smallest absolute Gasteiger partial charge is 0.225 e. The Hall–Kier alpha value is -1.39. The lowest BCUT2D eigenvalue weighted by molar-refractivity contribution is -0.139. The van der Waals surface area contributed by atoms with Gasteiger partial charge in [-0.15, -0.1) is 0 Å². The molecule has 3 rings (SSSR count). The molecule has 132 valence electrons. The number of rotatable bonds is 4. The maximum absolute atomic E-state index is 12.5. The van der Waals surface area contributed by atoms with Crippen molar-refractivity contribution < 1.29 is 15.0 Å². The van der Waals surface area contributed by atoms with Gasteiger partial charge in [-0.3, -0.25) is 4.79 Å². The van der Waals surface area contributed by atoms with Crippen LogP contribution in [0.5, 0.6) is 0 Å². The molecule has 4 heteroatoms. The Morgan fingerprint density at radius 1 is 1.12 bits per heavy atom. The quantitative estimate of drug-likeness (QED) is 0.891. The van der Waals surface area contributed by atoms with Crippen LogP contribution in [0, 0.1) is 5.92 Å². The molecule has 2 N–H and O–H groups in total. The summed E-state index contributed by atoms with van der Waals surface area (Å²) in [6, 6.07) is 9.76. The second-order valence-corrected chi connectivity index (χ2v) is 7.54. The Balaban J connectivity index is 1.50. The van der Waals surface area contributed by atoms with Crippen molar-refractivity contribution in [3.8, 4) is 0 Å². The van der Waals surface area contributed by atoms with Crippen molar-refractivity contribution in [3.63, 3.8) is 0 Å². The number of aliphatic hydroxyl groups excluding tert-OH is 1. The maximum Gasteiger partial charge on any atom is 0.225 e. The van der Waals surface area contributed by atoms with Gasteiger partial charge in [-0.1, -0.05) is 49.6 Å². The summed E-state index contributed by atoms with van der Waals surface area (Å²) in [7, 11) is 0. The van der Waals surface area contributed by atoms with E-state index in [1.165, 1.54) is 6.42 Å². The third-order valence-electron chi connectivity index (χ3n) is 5.74. The first kappa shape index (κ1) is 17.4. The Bertz CT molecular complexity index is 531. The minimum atomic E-state index is -0.782. The number of amides is 1. The van der Waals surface area contributed by atoms with Gasteiger partial charge >= 0.3 is 0 Å². The minimum Gasteiger partial charge on any atom is -0.389 e. The molecule has 1 heterocycles. The third kappa shape index (κ3) is 4.17. The predicted octanol–water partition coefficient (Wildman–Crippen LogP) is 3.04. The van der Waals surface area contributed by atoms with Gasteiger partial charge < -0.3 is 15.1 Å². The zero-order chi connectivity index (χ0) is 17.0. The summed E-state index contributed by atoms with van der Waals surface area (Å²) in [5.74, 6) is 0.279. The van der Waals surface area contributed by atoms with Crippen LogP contribution in [0.4, 0.5) is 0 Å². The molecule has 2 fully saturated rings. The van der Waals surface area contributed by atoms with Gasteiger partial charge in [0.05, 0.1) is 18.1 Å². The molecule has 1 aromatic carbocycles. The van der Waals surface area contributed by atoms with Crippen LogP contribution in [0.2, 0.25) is 0 Å². The van der Waals surface area contributed by atoms with Crippen LogP contribution in [0.3, 0.4) is 0 Å². The van der Waals surface area contributed by atoms with Crippen LogP contribution in [-0.4, -0.2) is 39.7 Å². The van der Waals surface area contributed by atoms with E-state index in [1.807, 2.05) is 35.2 Å². The van der Waals surface area contributed by atoms with Gasteiger partial charge in [-0.2, -0.15) is 0 Å². The van der Waals surface area contributed by atoms with E-state index in [0.717, 1.165) is 44.1 Å². The predicted molar refractivity (Wildman–Crippen MR) is 93.4 cm³/mol. The summed E-state index contributed by atoms with van der Waals surface area (Å²) in [6.45, 7) is 1.37. The number of likely N-dealkylation sites (tertiary alicyclic amines) is 1. The number of benzene rings is 1. The van der Waals surface area contributed by atoms with Crippen molar-refractivity contribution in [1.29, 1.82) is 0 Å². The monoisotopic (exact) mass is 331 g/mol. The molecule has 2 aliphatic rings. The summed E-state index contributed by atoms with van der Waals surface area (Å²) >= 11 is 0. The lowest BCUT2D eigenvalue weighted by Crippen LogP contribution is -2.44. The Kier molecular flexibility index (Phi) is 5.57. The highest BCUT2D eigenvalue weighted by Crippen LogP contribution is 2.34. The standard InChI is InChI=1S/C20H29NO3/c22-18(15-20(24)11-5-2-6-12-20)21-13-9-17(10-14-21)19(23)16-7-3-1-4-8-16/h1,3-4,7-8,17,19,23-24H,2,5-6,9-15H2. The van der Waals surface area contributed by atoms with Gasteiger partial charge in [0.15, 0.2) is 0 Å². The molecule has 1 saturated heterocycles. The molecule has 1 atom stereocenters. The summed E-state index contributed by atoms with van der Waals surface area (Å²) < 4.78 is 0. The van der Waals surface area contributed by atoms with Crippen molar-refractivity contribution >= 4 is 5.91 Å². The SMILES string of the molecule is O=C(CC1(O)CCCCC1)N1CCC(C(O)c2ccccc2)CC1. The average molecular weight is 331 g/mol. The van der Waals surface area contributed by atoms with E-state index in [9.17, 15) is 15.0 Å². The van der Waals surface area contributed by atoms with E-state index in [4.69, 9.17) is 0 Å². The molecule has 1 unspecified atom stereocenters. The molecule has 24 heavy (non-hydrogen) atoms. The maximum atomic E-state index is 12.5. The molecule has 1 aliphatic carbocycles. The van der Waals surface area contributed by atoms with Crippen LogP contribution in [0.1, 0.15) is 63.0 Å². The highest BCUT2D eigenvalue weighted by Gasteiger charge is 2.35. The first-order valence-corrected chi connectivity index (χ1v) is 9.31. The summed E-state index contributed by atoms with van der Waals surface area (Å²) in [6.07, 6.45) is 6.16. The molecule has 1 amide bonds. The van der Waals surface area contributed by atoms with Gasteiger partial charge in [0.25, 0.3) is 0 Å². The van der Waals surface area contributed by atoms with E-state index in [2.05, 4.69) is 0 Å². The van der Waals surface area contributed by atoms with E-state index < -0.39 is 11.7 Å². The summed E-state index contributed by atoms with van der Waals surface area (Å²) in [5.41, 5.74) is 0.175. The van der Waals surface area contributed by atoms with Crippen LogP contribution >= 0.6 is 0 Å². The largest absolute Gasteiger partial charge is 0.389 e.